The van der Waals surface area contributed by atoms with Crippen molar-refractivity contribution in [2.45, 2.75) is 30.6 Å². The molecule has 8 heteroatoms. The van der Waals surface area contributed by atoms with Gasteiger partial charge in [-0.2, -0.15) is 0 Å². The summed E-state index contributed by atoms with van der Waals surface area (Å²) in [4.78, 5) is 3.97. The molecule has 0 saturated carbocycles. The lowest BCUT2D eigenvalue weighted by Gasteiger charge is -2.40. The molecule has 1 unspecified atom stereocenters. The molecule has 0 amide bonds. The first-order valence-corrected chi connectivity index (χ1v) is 6.07. The number of nitrogens with zero attached hydrogens (tertiary/aromatic N) is 1. The largest absolute Gasteiger partial charge is 0.388 e. The van der Waals surface area contributed by atoms with E-state index in [4.69, 9.17) is 10.5 Å². The summed E-state index contributed by atoms with van der Waals surface area (Å²) in [6, 6.07) is -0.834. The van der Waals surface area contributed by atoms with Crippen molar-refractivity contribution >= 4 is 16.5 Å². The Labute approximate surface area is 102 Å². The molecule has 2 heterocycles. The van der Waals surface area contributed by atoms with Crippen LogP contribution in [-0.4, -0.2) is 57.5 Å². The number of hydrogen-bond acceptors (Lipinski definition) is 8. The van der Waals surface area contributed by atoms with Crippen molar-refractivity contribution in [3.05, 3.63) is 11.6 Å². The Hall–Kier alpha value is -0.770. The van der Waals surface area contributed by atoms with Crippen LogP contribution in [0.4, 0.5) is 5.13 Å². The van der Waals surface area contributed by atoms with Crippen molar-refractivity contribution in [2.75, 3.05) is 11.9 Å². The summed E-state index contributed by atoms with van der Waals surface area (Å²) in [5.74, 6) is 0. The van der Waals surface area contributed by atoms with Crippen LogP contribution in [-0.2, 0) is 4.74 Å². The number of rotatable bonds is 3. The first kappa shape index (κ1) is 12.7. The average molecular weight is 261 g/mol. The molecule has 1 aromatic heterocycles. The van der Waals surface area contributed by atoms with E-state index >= 15 is 0 Å². The Morgan fingerprint density at radius 2 is 2.18 bits per heavy atom. The molecule has 0 aromatic carbocycles. The lowest BCUT2D eigenvalue weighted by atomic mass is 9.97. The molecule has 7 nitrogen and oxygen atoms in total. The number of aliphatic hydroxyl groups is 3. The van der Waals surface area contributed by atoms with E-state index in [9.17, 15) is 15.3 Å². The highest BCUT2D eigenvalue weighted by Gasteiger charge is 2.43. The molecular weight excluding hydrogens is 246 g/mol. The van der Waals surface area contributed by atoms with Gasteiger partial charge in [0, 0.05) is 18.1 Å². The third-order valence-electron chi connectivity index (χ3n) is 2.67. The molecule has 0 spiro atoms. The summed E-state index contributed by atoms with van der Waals surface area (Å²) in [5, 5.41) is 34.4. The molecule has 1 aliphatic heterocycles. The van der Waals surface area contributed by atoms with Crippen LogP contribution < -0.4 is 11.1 Å². The lowest BCUT2D eigenvalue weighted by molar-refractivity contribution is -0.234. The smallest absolute Gasteiger partial charge is 0.183 e. The summed E-state index contributed by atoms with van der Waals surface area (Å²) < 4.78 is 5.11. The highest BCUT2D eigenvalue weighted by Crippen LogP contribution is 2.23. The van der Waals surface area contributed by atoms with E-state index in [0.717, 1.165) is 0 Å². The van der Waals surface area contributed by atoms with Gasteiger partial charge < -0.3 is 31.1 Å². The van der Waals surface area contributed by atoms with Gasteiger partial charge in [-0.25, -0.2) is 4.98 Å². The van der Waals surface area contributed by atoms with Crippen molar-refractivity contribution in [3.63, 3.8) is 0 Å². The second kappa shape index (κ2) is 5.25. The number of thiazole rings is 1. The topological polar surface area (TPSA) is 121 Å². The first-order valence-electron chi connectivity index (χ1n) is 5.19. The van der Waals surface area contributed by atoms with Crippen LogP contribution in [0, 0.1) is 0 Å². The zero-order valence-corrected chi connectivity index (χ0v) is 9.75. The predicted molar refractivity (Wildman–Crippen MR) is 61.5 cm³/mol. The molecule has 1 aromatic rings. The third-order valence-corrected chi connectivity index (χ3v) is 3.38. The molecule has 0 radical (unpaired) electrons. The number of nitrogens with one attached hydrogen (secondary N) is 1. The Bertz CT molecular complexity index is 350. The monoisotopic (exact) mass is 261 g/mol. The summed E-state index contributed by atoms with van der Waals surface area (Å²) in [7, 11) is 0. The highest BCUT2D eigenvalue weighted by atomic mass is 32.1. The quantitative estimate of drug-likeness (QED) is 0.440. The average Bonchev–Trinajstić information content (AvgIpc) is 2.82. The highest BCUT2D eigenvalue weighted by molar-refractivity contribution is 7.13. The number of anilines is 1. The Balaban J connectivity index is 2.06. The van der Waals surface area contributed by atoms with E-state index in [1.54, 1.807) is 11.6 Å². The van der Waals surface area contributed by atoms with Crippen LogP contribution in [0.25, 0.3) is 0 Å². The summed E-state index contributed by atoms with van der Waals surface area (Å²) >= 11 is 1.32. The number of aromatic nitrogens is 1. The van der Waals surface area contributed by atoms with E-state index in [1.807, 2.05) is 0 Å². The van der Waals surface area contributed by atoms with Crippen LogP contribution in [0.2, 0.25) is 0 Å². The fourth-order valence-electron chi connectivity index (χ4n) is 1.73. The molecule has 1 saturated heterocycles. The van der Waals surface area contributed by atoms with E-state index in [1.165, 1.54) is 11.3 Å². The normalized spacial score (nSPS) is 38.0. The number of aliphatic hydroxyl groups excluding tert-OH is 3. The maximum Gasteiger partial charge on any atom is 0.183 e. The summed E-state index contributed by atoms with van der Waals surface area (Å²) in [6.07, 6.45) is -2.73. The Morgan fingerprint density at radius 1 is 1.41 bits per heavy atom. The number of ether oxygens (including phenoxy) is 1. The minimum Gasteiger partial charge on any atom is -0.388 e. The van der Waals surface area contributed by atoms with Gasteiger partial charge in [-0.15, -0.1) is 11.3 Å². The van der Waals surface area contributed by atoms with Crippen LogP contribution in [0.5, 0.6) is 0 Å². The van der Waals surface area contributed by atoms with Gasteiger partial charge in [0.05, 0.1) is 0 Å². The predicted octanol–water partition coefficient (Wildman–Crippen LogP) is -1.68. The van der Waals surface area contributed by atoms with Gasteiger partial charge in [-0.1, -0.05) is 0 Å². The van der Waals surface area contributed by atoms with E-state index < -0.39 is 30.6 Å². The second-order valence-corrected chi connectivity index (χ2v) is 4.68. The minimum absolute atomic E-state index is 0.0270. The Kier molecular flexibility index (Phi) is 3.92. The fraction of sp³-hybridized carbons (Fsp3) is 0.667. The van der Waals surface area contributed by atoms with Crippen molar-refractivity contribution in [1.82, 2.24) is 4.98 Å². The molecule has 0 bridgehead atoms. The maximum atomic E-state index is 9.88. The second-order valence-electron chi connectivity index (χ2n) is 3.79. The third kappa shape index (κ3) is 2.57. The molecule has 1 fully saturated rings. The van der Waals surface area contributed by atoms with Gasteiger partial charge >= 0.3 is 0 Å². The fourth-order valence-corrected chi connectivity index (χ4v) is 2.31. The van der Waals surface area contributed by atoms with E-state index in [2.05, 4.69) is 10.3 Å². The zero-order chi connectivity index (χ0) is 12.4. The summed E-state index contributed by atoms with van der Waals surface area (Å²) in [6.45, 7) is 0.0270. The van der Waals surface area contributed by atoms with Gasteiger partial charge in [0.1, 0.15) is 24.4 Å². The lowest BCUT2D eigenvalue weighted by Crippen LogP contribution is -2.61. The molecule has 1 aliphatic rings. The minimum atomic E-state index is -1.24. The molecule has 96 valence electrons. The van der Waals surface area contributed by atoms with Crippen LogP contribution in [0.1, 0.15) is 0 Å². The molecule has 0 aliphatic carbocycles. The number of hydrogen-bond donors (Lipinski definition) is 5. The standard InChI is InChI=1S/C9H15N3O4S/c10-3-4-6(13)7(14)5(8(15)16-4)12-9-11-1-2-17-9/h1-2,4-8,13-15H,3,10H2,(H,11,12)/t4-,5-,6+,7-,8?/m1/s1. The van der Waals surface area contributed by atoms with Crippen molar-refractivity contribution < 1.29 is 20.1 Å². The van der Waals surface area contributed by atoms with Crippen LogP contribution in [0.3, 0.4) is 0 Å². The molecule has 17 heavy (non-hydrogen) atoms. The van der Waals surface area contributed by atoms with Gasteiger partial charge in [0.25, 0.3) is 0 Å². The van der Waals surface area contributed by atoms with E-state index in [-0.39, 0.29) is 6.54 Å². The number of nitrogens with two attached hydrogens (primary N) is 1. The Morgan fingerprint density at radius 3 is 2.76 bits per heavy atom. The van der Waals surface area contributed by atoms with Gasteiger partial charge in [0.15, 0.2) is 11.4 Å². The van der Waals surface area contributed by atoms with Gasteiger partial charge in [-0.05, 0) is 0 Å². The van der Waals surface area contributed by atoms with Gasteiger partial charge in [-0.3, -0.25) is 0 Å². The van der Waals surface area contributed by atoms with E-state index in [0.29, 0.717) is 5.13 Å². The van der Waals surface area contributed by atoms with Crippen LogP contribution >= 0.6 is 11.3 Å². The molecule has 6 N–H and O–H groups in total. The zero-order valence-electron chi connectivity index (χ0n) is 8.93. The SMILES string of the molecule is NC[C@H]1OC(O)[C@H](Nc2nccs2)[C@@H](O)[C@H]1O. The first-order chi connectivity index (χ1) is 8.13. The van der Waals surface area contributed by atoms with Crippen LogP contribution in [0.15, 0.2) is 11.6 Å². The molecule has 2 rings (SSSR count). The van der Waals surface area contributed by atoms with Crippen molar-refractivity contribution in [2.24, 2.45) is 5.73 Å². The molecule has 5 atom stereocenters. The van der Waals surface area contributed by atoms with Crippen molar-refractivity contribution in [1.29, 1.82) is 0 Å². The van der Waals surface area contributed by atoms with Gasteiger partial charge in [0.2, 0.25) is 0 Å². The summed E-state index contributed by atoms with van der Waals surface area (Å²) in [5.41, 5.74) is 5.36. The molecular formula is C9H15N3O4S. The maximum absolute atomic E-state index is 9.88. The van der Waals surface area contributed by atoms with Crippen molar-refractivity contribution in [3.8, 4) is 0 Å².